The van der Waals surface area contributed by atoms with Gasteiger partial charge < -0.3 is 54.7 Å². The second kappa shape index (κ2) is 47.1. The van der Waals surface area contributed by atoms with Crippen molar-refractivity contribution in [2.75, 3.05) is 52.3 Å². The number of hydrogen-bond acceptors (Lipinski definition) is 10. The molecule has 800 valence electrons. The SMILES string of the molecule is CCCc1cc(-c2cc(C(=O)NC3COC3)c(C)n2CC2CCCCC2)cc(C(C)(C)C)n1.Cc1c(C(=O)NCC(C)(C)C(N)=O)cc(-c2cc(C(C)(C)C)cc(C(C)(C)C)c2)n1CC1CCCCC1.Cc1c(C(=O)NCC(C)(C)NS(C)(=O)=O)cc(-c2cc(C(C)(C)C)cc(C(C)(C)C)c2)n1CC1CCCCC1.Cc1c(C(=O)NCC2(C)COC2)cc(-c2cc(C(C)(C)C)cc(C(C)(C)C)c2)n1CC1CCCCC1. The number of aryl methyl sites for hydroxylation is 1. The molecular weight excluding hydrogens is 1820 g/mol. The molecule has 7 N–H and O–H groups in total. The fourth-order valence-electron chi connectivity index (χ4n) is 21.3. The first-order valence-electron chi connectivity index (χ1n) is 55.2. The number of carbonyl (C=O) groups excluding carboxylic acids is 5. The van der Waals surface area contributed by atoms with Crippen LogP contribution in [0.5, 0.6) is 0 Å². The van der Waals surface area contributed by atoms with Crippen LogP contribution in [0, 0.1) is 62.2 Å². The number of nitrogens with one attached hydrogen (secondary N) is 5. The molecule has 4 saturated carbocycles. The lowest BCUT2D eigenvalue weighted by Crippen LogP contribution is -2.51. The van der Waals surface area contributed by atoms with Crippen molar-refractivity contribution in [3.8, 4) is 45.0 Å². The Bertz CT molecular complexity index is 5820. The Labute approximate surface area is 875 Å². The molecule has 0 bridgehead atoms. The van der Waals surface area contributed by atoms with Crippen LogP contribution in [0.25, 0.3) is 45.0 Å². The Kier molecular flexibility index (Phi) is 37.8. The summed E-state index contributed by atoms with van der Waals surface area (Å²) in [6.07, 6.45) is 28.9. The third-order valence-electron chi connectivity index (χ3n) is 31.5. The summed E-state index contributed by atoms with van der Waals surface area (Å²) in [5.74, 6) is 1.88. The number of rotatable bonds is 28. The average molecular weight is 2010 g/mol. The highest BCUT2D eigenvalue weighted by Crippen LogP contribution is 2.44. The second-order valence-electron chi connectivity index (χ2n) is 53.3. The lowest BCUT2D eigenvalue weighted by atomic mass is 9.79. The van der Waals surface area contributed by atoms with Crippen LogP contribution in [-0.4, -0.2) is 125 Å². The van der Waals surface area contributed by atoms with E-state index in [1.54, 1.807) is 27.7 Å². The van der Waals surface area contributed by atoms with E-state index in [2.05, 4.69) is 309 Å². The normalized spacial score (nSPS) is 16.9. The molecule has 7 heterocycles. The van der Waals surface area contributed by atoms with Crippen LogP contribution >= 0.6 is 0 Å². The molecule has 0 unspecified atom stereocenters. The van der Waals surface area contributed by atoms with Gasteiger partial charge in [0.2, 0.25) is 15.9 Å². The van der Waals surface area contributed by atoms with Crippen LogP contribution in [0.1, 0.15) is 431 Å². The van der Waals surface area contributed by atoms with E-state index in [0.717, 1.165) is 132 Å². The molecule has 0 radical (unpaired) electrons. The molecule has 145 heavy (non-hydrogen) atoms. The Morgan fingerprint density at radius 1 is 0.386 bits per heavy atom. The lowest BCUT2D eigenvalue weighted by Gasteiger charge is -2.38. The summed E-state index contributed by atoms with van der Waals surface area (Å²) < 4.78 is 46.4. The molecule has 2 saturated heterocycles. The molecular formula is C124H189N11O9S. The largest absolute Gasteiger partial charge is 0.380 e. The number of carbonyl (C=O) groups is 5. The molecule has 5 aromatic heterocycles. The lowest BCUT2D eigenvalue weighted by molar-refractivity contribution is -0.125. The van der Waals surface area contributed by atoms with E-state index in [4.69, 9.17) is 20.2 Å². The molecule has 21 heteroatoms. The molecule has 2 aliphatic heterocycles. The van der Waals surface area contributed by atoms with Crippen molar-refractivity contribution in [3.05, 3.63) is 181 Å². The topological polar surface area (TPSA) is 257 Å². The Hall–Kier alpha value is -8.89. The van der Waals surface area contributed by atoms with Gasteiger partial charge in [0.1, 0.15) is 0 Å². The summed E-state index contributed by atoms with van der Waals surface area (Å²) in [6.45, 7) is 74.7. The first kappa shape index (κ1) is 116. The molecule has 20 nitrogen and oxygen atoms in total. The molecule has 14 rings (SSSR count). The zero-order valence-electron chi connectivity index (χ0n) is 95.8. The van der Waals surface area contributed by atoms with Crippen LogP contribution in [0.2, 0.25) is 0 Å². The van der Waals surface area contributed by atoms with E-state index in [9.17, 15) is 32.4 Å². The van der Waals surface area contributed by atoms with Crippen molar-refractivity contribution in [2.24, 2.45) is 40.2 Å². The second-order valence-corrected chi connectivity index (χ2v) is 55.0. The van der Waals surface area contributed by atoms with E-state index in [1.165, 1.54) is 179 Å². The van der Waals surface area contributed by atoms with Gasteiger partial charge in [0.05, 0.1) is 66.4 Å². The number of hydrogen-bond donors (Lipinski definition) is 6. The van der Waals surface area contributed by atoms with E-state index in [0.29, 0.717) is 54.6 Å². The number of nitrogens with two attached hydrogens (primary N) is 1. The first-order valence-corrected chi connectivity index (χ1v) is 57.1. The van der Waals surface area contributed by atoms with Crippen LogP contribution < -0.4 is 31.7 Å². The number of pyridine rings is 1. The minimum absolute atomic E-state index is 0.00635. The number of amides is 5. The van der Waals surface area contributed by atoms with Gasteiger partial charge in [-0.05, 0) is 292 Å². The minimum Gasteiger partial charge on any atom is -0.380 e. The van der Waals surface area contributed by atoms with Gasteiger partial charge in [-0.1, -0.05) is 261 Å². The van der Waals surface area contributed by atoms with E-state index in [1.807, 2.05) is 13.0 Å². The molecule has 6 fully saturated rings. The maximum atomic E-state index is 13.5. The minimum atomic E-state index is -3.40. The van der Waals surface area contributed by atoms with Crippen molar-refractivity contribution >= 4 is 39.6 Å². The number of nitrogens with zero attached hydrogens (tertiary/aromatic N) is 5. The third kappa shape index (κ3) is 31.4. The van der Waals surface area contributed by atoms with Crippen molar-refractivity contribution in [1.29, 1.82) is 0 Å². The maximum absolute atomic E-state index is 13.5. The fraction of sp³-hybridized carbons (Fsp3) is 0.645. The number of benzene rings is 3. The quantitative estimate of drug-likeness (QED) is 0.0270. The molecule has 8 aromatic rings. The van der Waals surface area contributed by atoms with Gasteiger partial charge in [-0.3, -0.25) is 29.0 Å². The maximum Gasteiger partial charge on any atom is 0.253 e. The van der Waals surface area contributed by atoms with Crippen LogP contribution in [-0.2, 0) is 94.8 Å². The summed E-state index contributed by atoms with van der Waals surface area (Å²) in [5, 5.41) is 12.3. The Morgan fingerprint density at radius 3 is 0.931 bits per heavy atom. The number of sulfonamides is 1. The number of primary amides is 1. The van der Waals surface area contributed by atoms with Crippen LogP contribution in [0.3, 0.4) is 0 Å². The number of ether oxygens (including phenoxy) is 2. The van der Waals surface area contributed by atoms with Gasteiger partial charge in [-0.25, -0.2) is 13.1 Å². The van der Waals surface area contributed by atoms with Gasteiger partial charge in [-0.15, -0.1) is 0 Å². The highest BCUT2D eigenvalue weighted by Gasteiger charge is 2.38. The van der Waals surface area contributed by atoms with E-state index >= 15 is 0 Å². The molecule has 0 atom stereocenters. The van der Waals surface area contributed by atoms with Crippen LogP contribution in [0.15, 0.2) is 91.0 Å². The monoisotopic (exact) mass is 2010 g/mol. The van der Waals surface area contributed by atoms with Crippen molar-refractivity contribution in [1.82, 2.24) is 49.2 Å². The van der Waals surface area contributed by atoms with Gasteiger partial charge in [0, 0.05) is 125 Å². The molecule has 5 amide bonds. The summed E-state index contributed by atoms with van der Waals surface area (Å²) in [5.41, 5.74) is 30.4. The van der Waals surface area contributed by atoms with Crippen molar-refractivity contribution in [3.63, 3.8) is 0 Å². The van der Waals surface area contributed by atoms with Crippen molar-refractivity contribution < 1.29 is 41.9 Å². The zero-order valence-corrected chi connectivity index (χ0v) is 96.6. The summed E-state index contributed by atoms with van der Waals surface area (Å²) in [6, 6.07) is 33.9. The van der Waals surface area contributed by atoms with Gasteiger partial charge >= 0.3 is 0 Å². The summed E-state index contributed by atoms with van der Waals surface area (Å²) in [7, 11) is -3.40. The standard InChI is InChI=1S/C32H51N3O3S.C32H49N3O2.C32H48N2O2.C28H41N3O2/c1-22-27(29(36)33-21-32(8,9)34-39(10,37)38)19-28(35(22)20-23-14-12-11-13-15-23)24-16-25(30(2,3)4)18-26(17-24)31(5,6)7;1-21-26(28(36)34-20-32(8,9)29(33)37)18-27(35(21)19-22-13-11-10-12-14-22)23-15-24(30(2,3)4)17-25(16-23)31(5,6)7;1-22-27(29(35)33-19-32(8)20-36-21-32)17-28(34(22)18-23-12-10-9-11-13-23)24-14-25(30(2,3)4)16-26(15-24)31(5,6)7;1-6-10-22-13-21(14-26(29-22)28(3,4)5)25-15-24(27(32)30-23-17-33-18-23)19(2)31(25)16-20-11-8-7-9-12-20/h16-19,23,34H,11-15,20-21H2,1-10H3,(H,33,36);15-18,22H,10-14,19-20H2,1-9H3,(H2,33,37)(H,34,36);14-17,23H,9-13,18-21H2,1-8H3,(H,33,35);13-15,20,23H,6-12,16-18H2,1-5H3,(H,30,32). The smallest absolute Gasteiger partial charge is 0.253 e. The van der Waals surface area contributed by atoms with Crippen LogP contribution in [0.4, 0.5) is 0 Å². The first-order chi connectivity index (χ1) is 67.3. The molecule has 6 aliphatic rings. The third-order valence-corrected chi connectivity index (χ3v) is 32.4. The Balaban J connectivity index is 0.000000184. The molecule has 3 aromatic carbocycles. The highest BCUT2D eigenvalue weighted by atomic mass is 32.2. The van der Waals surface area contributed by atoms with E-state index < -0.39 is 26.9 Å². The summed E-state index contributed by atoms with van der Waals surface area (Å²) >= 11 is 0. The van der Waals surface area contributed by atoms with Gasteiger partial charge in [0.15, 0.2) is 0 Å². The molecule has 0 spiro atoms. The Morgan fingerprint density at radius 2 is 0.676 bits per heavy atom. The predicted octanol–water partition coefficient (Wildman–Crippen LogP) is 26.8. The van der Waals surface area contributed by atoms with Gasteiger partial charge in [0.25, 0.3) is 23.6 Å². The van der Waals surface area contributed by atoms with E-state index in [-0.39, 0.29) is 86.1 Å². The molecule has 4 aliphatic carbocycles. The fourth-order valence-corrected chi connectivity index (χ4v) is 22.4. The van der Waals surface area contributed by atoms with Gasteiger partial charge in [-0.2, -0.15) is 0 Å². The zero-order chi connectivity index (χ0) is 107. The predicted molar refractivity (Wildman–Crippen MR) is 600 cm³/mol. The number of aromatic nitrogens is 5. The highest BCUT2D eigenvalue weighted by molar-refractivity contribution is 7.88. The van der Waals surface area contributed by atoms with Crippen molar-refractivity contribution in [2.45, 2.75) is 432 Å². The summed E-state index contributed by atoms with van der Waals surface area (Å²) in [4.78, 5) is 70.3. The average Bonchev–Trinajstić information content (AvgIpc) is 1.65.